The van der Waals surface area contributed by atoms with E-state index in [0.717, 1.165) is 17.7 Å². The molecule has 1 radical (unpaired) electrons. The average Bonchev–Trinajstić information content (AvgIpc) is 2.44. The second-order valence-electron chi connectivity index (χ2n) is 3.89. The first kappa shape index (κ1) is 15.8. The number of carbonyl (C=O) groups is 2. The molecule has 1 aromatic rings. The highest BCUT2D eigenvalue weighted by Gasteiger charge is 2.06. The lowest BCUT2D eigenvalue weighted by Gasteiger charge is -2.11. The number of rotatable bonds is 6. The van der Waals surface area contributed by atoms with Gasteiger partial charge in [-0.25, -0.2) is 4.79 Å². The lowest BCUT2D eigenvalue weighted by atomic mass is 10.1. The molecule has 0 heterocycles. The summed E-state index contributed by atoms with van der Waals surface area (Å²) in [4.78, 5) is 22.6. The molecular formula is C13H16BN2O4. The number of nitrogens with one attached hydrogen (secondary N) is 2. The molecule has 1 rings (SSSR count). The molecule has 0 bridgehead atoms. The first-order valence-corrected chi connectivity index (χ1v) is 5.85. The van der Waals surface area contributed by atoms with Crippen molar-refractivity contribution in [3.63, 3.8) is 0 Å². The number of aryl methyl sites for hydroxylation is 1. The zero-order valence-corrected chi connectivity index (χ0v) is 11.6. The third-order valence-electron chi connectivity index (χ3n) is 2.34. The fraction of sp³-hybridized carbons (Fsp3) is 0.231. The van der Waals surface area contributed by atoms with Crippen LogP contribution >= 0.6 is 0 Å². The van der Waals surface area contributed by atoms with E-state index in [9.17, 15) is 9.59 Å². The van der Waals surface area contributed by atoms with Crippen LogP contribution in [0.2, 0.25) is 0 Å². The third-order valence-corrected chi connectivity index (χ3v) is 2.34. The number of hydrogen-bond donors (Lipinski definition) is 2. The summed E-state index contributed by atoms with van der Waals surface area (Å²) < 4.78 is 9.21. The number of ether oxygens (including phenoxy) is 1. The Hall–Kier alpha value is -2.28. The topological polar surface area (TPSA) is 76.7 Å². The van der Waals surface area contributed by atoms with E-state index in [4.69, 9.17) is 4.65 Å². The van der Waals surface area contributed by atoms with E-state index in [2.05, 4.69) is 15.3 Å². The molecule has 2 N–H and O–H groups in total. The van der Waals surface area contributed by atoms with Crippen molar-refractivity contribution in [3.05, 3.63) is 35.9 Å². The van der Waals surface area contributed by atoms with Gasteiger partial charge in [0.1, 0.15) is 0 Å². The van der Waals surface area contributed by atoms with Gasteiger partial charge in [-0.3, -0.25) is 4.79 Å². The average molecular weight is 275 g/mol. The van der Waals surface area contributed by atoms with Gasteiger partial charge in [0.2, 0.25) is 5.91 Å². The molecular weight excluding hydrogens is 259 g/mol. The quantitative estimate of drug-likeness (QED) is 0.464. The first-order chi connectivity index (χ1) is 9.56. The van der Waals surface area contributed by atoms with Crippen molar-refractivity contribution >= 4 is 30.9 Å². The van der Waals surface area contributed by atoms with Crippen LogP contribution in [0.25, 0.3) is 0 Å². The van der Waals surface area contributed by atoms with Crippen molar-refractivity contribution in [1.29, 1.82) is 0 Å². The second-order valence-corrected chi connectivity index (χ2v) is 3.89. The van der Waals surface area contributed by atoms with E-state index in [1.165, 1.54) is 21.8 Å². The molecule has 1 aromatic carbocycles. The van der Waals surface area contributed by atoms with Gasteiger partial charge in [0.15, 0.2) is 0 Å². The number of esters is 1. The van der Waals surface area contributed by atoms with Gasteiger partial charge in [0.25, 0.3) is 0 Å². The second kappa shape index (κ2) is 8.01. The number of benzene rings is 1. The summed E-state index contributed by atoms with van der Waals surface area (Å²) in [6.45, 7) is 1.91. The Morgan fingerprint density at radius 2 is 1.95 bits per heavy atom. The SMILES string of the molecule is CO[B]Nc1ccc(C)cc1NC(=O)/C=C/C(=O)OC. The van der Waals surface area contributed by atoms with E-state index < -0.39 is 11.9 Å². The fourth-order valence-corrected chi connectivity index (χ4v) is 1.40. The Balaban J connectivity index is 2.79. The molecule has 0 saturated carbocycles. The van der Waals surface area contributed by atoms with Crippen molar-refractivity contribution in [3.8, 4) is 0 Å². The molecule has 105 valence electrons. The summed E-state index contributed by atoms with van der Waals surface area (Å²) >= 11 is 0. The fourth-order valence-electron chi connectivity index (χ4n) is 1.40. The van der Waals surface area contributed by atoms with Crippen LogP contribution in [0.5, 0.6) is 0 Å². The Kier molecular flexibility index (Phi) is 6.32. The van der Waals surface area contributed by atoms with Gasteiger partial charge in [-0.05, 0) is 24.6 Å². The van der Waals surface area contributed by atoms with Gasteiger partial charge in [-0.15, -0.1) is 0 Å². The van der Waals surface area contributed by atoms with E-state index in [0.29, 0.717) is 11.4 Å². The van der Waals surface area contributed by atoms with Gasteiger partial charge < -0.3 is 19.9 Å². The van der Waals surface area contributed by atoms with Gasteiger partial charge >= 0.3 is 13.6 Å². The first-order valence-electron chi connectivity index (χ1n) is 5.85. The maximum atomic E-state index is 11.7. The Labute approximate surface area is 118 Å². The predicted molar refractivity (Wildman–Crippen MR) is 77.4 cm³/mol. The van der Waals surface area contributed by atoms with Crippen LogP contribution in [0, 0.1) is 6.92 Å². The van der Waals surface area contributed by atoms with Crippen LogP contribution in [-0.2, 0) is 19.0 Å². The van der Waals surface area contributed by atoms with Gasteiger partial charge in [-0.1, -0.05) is 6.07 Å². The molecule has 0 aliphatic rings. The molecule has 0 aliphatic heterocycles. The normalized spacial score (nSPS) is 10.2. The van der Waals surface area contributed by atoms with Crippen LogP contribution in [0.1, 0.15) is 5.56 Å². The summed E-state index contributed by atoms with van der Waals surface area (Å²) in [7, 11) is 4.15. The van der Waals surface area contributed by atoms with Gasteiger partial charge in [0, 0.05) is 24.9 Å². The minimum atomic E-state index is -0.588. The molecule has 1 amide bonds. The highest BCUT2D eigenvalue weighted by atomic mass is 16.5. The molecule has 20 heavy (non-hydrogen) atoms. The summed E-state index contributed by atoms with van der Waals surface area (Å²) in [5.41, 5.74) is 2.25. The van der Waals surface area contributed by atoms with Crippen molar-refractivity contribution < 1.29 is 19.0 Å². The van der Waals surface area contributed by atoms with Crippen LogP contribution in [-0.4, -0.2) is 33.7 Å². The maximum absolute atomic E-state index is 11.7. The van der Waals surface area contributed by atoms with E-state index in [1.807, 2.05) is 19.1 Å². The molecule has 0 atom stereocenters. The molecule has 0 fully saturated rings. The van der Waals surface area contributed by atoms with E-state index >= 15 is 0 Å². The van der Waals surface area contributed by atoms with Crippen LogP contribution in [0.15, 0.2) is 30.4 Å². The Morgan fingerprint density at radius 1 is 1.20 bits per heavy atom. The summed E-state index contributed by atoms with van der Waals surface area (Å²) in [5.74, 6) is -1.02. The van der Waals surface area contributed by atoms with E-state index in [-0.39, 0.29) is 0 Å². The molecule has 0 saturated heterocycles. The summed E-state index contributed by atoms with van der Waals surface area (Å²) in [6, 6.07) is 5.51. The van der Waals surface area contributed by atoms with Crippen LogP contribution in [0.3, 0.4) is 0 Å². The minimum Gasteiger partial charge on any atom is -0.466 e. The van der Waals surface area contributed by atoms with E-state index in [1.54, 1.807) is 6.07 Å². The zero-order chi connectivity index (χ0) is 15.0. The molecule has 6 nitrogen and oxygen atoms in total. The van der Waals surface area contributed by atoms with Crippen LogP contribution < -0.4 is 10.5 Å². The van der Waals surface area contributed by atoms with Crippen molar-refractivity contribution in [2.24, 2.45) is 0 Å². The standard InChI is InChI=1S/C13H16BN2O4/c1-9-4-5-10(16-14-20-3)11(8-9)15-12(17)6-7-13(18)19-2/h4-8,16H,1-3H3,(H,15,17)/b7-6+. The summed E-state index contributed by atoms with van der Waals surface area (Å²) in [6.07, 6.45) is 2.16. The van der Waals surface area contributed by atoms with Gasteiger partial charge in [-0.2, -0.15) is 0 Å². The smallest absolute Gasteiger partial charge is 0.436 e. The number of methoxy groups -OCH3 is 1. The van der Waals surface area contributed by atoms with Crippen molar-refractivity contribution in [2.45, 2.75) is 6.92 Å². The number of amides is 1. The lowest BCUT2D eigenvalue weighted by Crippen LogP contribution is -2.14. The number of hydrogen-bond acceptors (Lipinski definition) is 5. The Bertz CT molecular complexity index is 517. The Morgan fingerprint density at radius 3 is 2.60 bits per heavy atom. The monoisotopic (exact) mass is 275 g/mol. The molecule has 0 spiro atoms. The summed E-state index contributed by atoms with van der Waals surface area (Å²) in [5, 5.41) is 5.56. The van der Waals surface area contributed by atoms with Crippen molar-refractivity contribution in [2.75, 3.05) is 24.8 Å². The largest absolute Gasteiger partial charge is 0.466 e. The highest BCUT2D eigenvalue weighted by Crippen LogP contribution is 2.22. The highest BCUT2D eigenvalue weighted by molar-refractivity contribution is 6.33. The lowest BCUT2D eigenvalue weighted by molar-refractivity contribution is -0.135. The zero-order valence-electron chi connectivity index (χ0n) is 11.6. The molecule has 0 aromatic heterocycles. The predicted octanol–water partition coefficient (Wildman–Crippen LogP) is 1.26. The molecule has 0 aliphatic carbocycles. The van der Waals surface area contributed by atoms with Gasteiger partial charge in [0.05, 0.1) is 12.8 Å². The van der Waals surface area contributed by atoms with Crippen LogP contribution in [0.4, 0.5) is 11.4 Å². The third kappa shape index (κ3) is 5.15. The van der Waals surface area contributed by atoms with Crippen molar-refractivity contribution in [1.82, 2.24) is 0 Å². The molecule has 0 unspecified atom stereocenters. The number of carbonyl (C=O) groups excluding carboxylic acids is 2. The maximum Gasteiger partial charge on any atom is 0.436 e. The molecule has 7 heteroatoms. The number of anilines is 2. The minimum absolute atomic E-state index is 0.429.